The second-order valence-corrected chi connectivity index (χ2v) is 7.74. The van der Waals surface area contributed by atoms with Crippen LogP contribution in [-0.2, 0) is 14.3 Å². The first kappa shape index (κ1) is 21.2. The highest BCUT2D eigenvalue weighted by Gasteiger charge is 2.27. The second-order valence-electron chi connectivity index (χ2n) is 7.74. The van der Waals surface area contributed by atoms with Gasteiger partial charge in [0.05, 0.1) is 4.92 Å². The number of anilines is 1. The molecule has 9 nitrogen and oxygen atoms in total. The van der Waals surface area contributed by atoms with E-state index in [1.165, 1.54) is 18.2 Å². The Kier molecular flexibility index (Phi) is 7.16. The Labute approximate surface area is 169 Å². The van der Waals surface area contributed by atoms with Gasteiger partial charge < -0.3 is 20.3 Å². The van der Waals surface area contributed by atoms with Crippen LogP contribution in [0.5, 0.6) is 0 Å². The van der Waals surface area contributed by atoms with Crippen LogP contribution in [0.3, 0.4) is 0 Å². The Morgan fingerprint density at radius 1 is 1.17 bits per heavy atom. The van der Waals surface area contributed by atoms with Gasteiger partial charge in [-0.1, -0.05) is 0 Å². The Hall–Kier alpha value is -2.52. The van der Waals surface area contributed by atoms with Crippen LogP contribution >= 0.6 is 0 Å². The lowest BCUT2D eigenvalue weighted by Gasteiger charge is -2.39. The van der Waals surface area contributed by atoms with Crippen molar-refractivity contribution in [2.24, 2.45) is 5.92 Å². The minimum absolute atomic E-state index is 0.0583. The minimum atomic E-state index is -0.762. The molecule has 9 heteroatoms. The summed E-state index contributed by atoms with van der Waals surface area (Å²) in [5, 5.41) is 16.0. The summed E-state index contributed by atoms with van der Waals surface area (Å²) in [5.41, 5.74) is 0.860. The van der Waals surface area contributed by atoms with Crippen molar-refractivity contribution in [3.05, 3.63) is 33.9 Å². The molecule has 2 saturated heterocycles. The smallest absolute Gasteiger partial charge is 0.313 e. The molecule has 2 N–H and O–H groups in total. The molecule has 2 amide bonds. The molecule has 29 heavy (non-hydrogen) atoms. The van der Waals surface area contributed by atoms with Gasteiger partial charge in [0.1, 0.15) is 0 Å². The maximum absolute atomic E-state index is 12.1. The second kappa shape index (κ2) is 9.80. The molecule has 0 unspecified atom stereocenters. The van der Waals surface area contributed by atoms with Crippen molar-refractivity contribution in [2.45, 2.75) is 38.6 Å². The van der Waals surface area contributed by atoms with Crippen LogP contribution in [0.2, 0.25) is 0 Å². The van der Waals surface area contributed by atoms with E-state index >= 15 is 0 Å². The fourth-order valence-electron chi connectivity index (χ4n) is 3.97. The van der Waals surface area contributed by atoms with E-state index in [1.807, 2.05) is 0 Å². The summed E-state index contributed by atoms with van der Waals surface area (Å²) in [4.78, 5) is 37.1. The lowest BCUT2D eigenvalue weighted by molar-refractivity contribution is -0.384. The minimum Gasteiger partial charge on any atom is -0.381 e. The monoisotopic (exact) mass is 404 g/mol. The lowest BCUT2D eigenvalue weighted by atomic mass is 9.94. The van der Waals surface area contributed by atoms with Crippen molar-refractivity contribution in [3.8, 4) is 0 Å². The zero-order valence-electron chi connectivity index (χ0n) is 16.7. The molecule has 2 heterocycles. The van der Waals surface area contributed by atoms with E-state index in [0.29, 0.717) is 29.8 Å². The van der Waals surface area contributed by atoms with Crippen molar-refractivity contribution in [1.82, 2.24) is 10.2 Å². The Morgan fingerprint density at radius 3 is 2.48 bits per heavy atom. The van der Waals surface area contributed by atoms with Gasteiger partial charge in [0.2, 0.25) is 0 Å². The van der Waals surface area contributed by atoms with Crippen LogP contribution in [0.4, 0.5) is 11.4 Å². The predicted octanol–water partition coefficient (Wildman–Crippen LogP) is 1.85. The molecular weight excluding hydrogens is 376 g/mol. The van der Waals surface area contributed by atoms with Crippen LogP contribution in [-0.4, -0.2) is 60.5 Å². The number of rotatable bonds is 5. The van der Waals surface area contributed by atoms with E-state index in [0.717, 1.165) is 52.0 Å². The van der Waals surface area contributed by atoms with Crippen LogP contribution < -0.4 is 10.6 Å². The van der Waals surface area contributed by atoms with Gasteiger partial charge in [-0.05, 0) is 63.2 Å². The summed E-state index contributed by atoms with van der Waals surface area (Å²) < 4.78 is 5.42. The first-order chi connectivity index (χ1) is 13.9. The highest BCUT2D eigenvalue weighted by atomic mass is 16.6. The molecule has 0 spiro atoms. The summed E-state index contributed by atoms with van der Waals surface area (Å²) in [6.45, 7) is 5.83. The third-order valence-corrected chi connectivity index (χ3v) is 5.78. The largest absolute Gasteiger partial charge is 0.381 e. The highest BCUT2D eigenvalue weighted by molar-refractivity contribution is 6.39. The third-order valence-electron chi connectivity index (χ3n) is 5.78. The predicted molar refractivity (Wildman–Crippen MR) is 108 cm³/mol. The van der Waals surface area contributed by atoms with Gasteiger partial charge in [-0.15, -0.1) is 0 Å². The van der Waals surface area contributed by atoms with Gasteiger partial charge in [0.25, 0.3) is 5.69 Å². The van der Waals surface area contributed by atoms with E-state index in [2.05, 4.69) is 15.5 Å². The molecule has 2 aliphatic rings. The molecule has 1 aromatic carbocycles. The molecular formula is C20H28N4O5. The van der Waals surface area contributed by atoms with Gasteiger partial charge in [-0.2, -0.15) is 0 Å². The fraction of sp³-hybridized carbons (Fsp3) is 0.600. The van der Waals surface area contributed by atoms with Gasteiger partial charge in [-0.3, -0.25) is 19.7 Å². The van der Waals surface area contributed by atoms with Crippen LogP contribution in [0, 0.1) is 23.0 Å². The number of nitrogens with one attached hydrogen (secondary N) is 2. The summed E-state index contributed by atoms with van der Waals surface area (Å²) >= 11 is 0. The molecule has 0 atom stereocenters. The van der Waals surface area contributed by atoms with E-state index in [1.54, 1.807) is 6.92 Å². The van der Waals surface area contributed by atoms with Crippen molar-refractivity contribution in [3.63, 3.8) is 0 Å². The van der Waals surface area contributed by atoms with E-state index in [-0.39, 0.29) is 5.69 Å². The average molecular weight is 404 g/mol. The maximum atomic E-state index is 12.1. The number of ether oxygens (including phenoxy) is 1. The Balaban J connectivity index is 1.41. The number of aryl methyl sites for hydroxylation is 1. The summed E-state index contributed by atoms with van der Waals surface area (Å²) in [7, 11) is 0. The molecule has 2 fully saturated rings. The van der Waals surface area contributed by atoms with E-state index in [9.17, 15) is 19.7 Å². The zero-order chi connectivity index (χ0) is 20.8. The fourth-order valence-corrected chi connectivity index (χ4v) is 3.97. The number of benzene rings is 1. The molecule has 1 aromatic rings. The number of nitro benzene ring substituents is 1. The number of carbonyl (C=O) groups excluding carboxylic acids is 2. The molecule has 0 radical (unpaired) electrons. The van der Waals surface area contributed by atoms with Crippen LogP contribution in [0.1, 0.15) is 31.2 Å². The number of likely N-dealkylation sites (tertiary alicyclic amines) is 1. The molecule has 0 aliphatic carbocycles. The number of non-ortho nitro benzene ring substituents is 1. The highest BCUT2D eigenvalue weighted by Crippen LogP contribution is 2.23. The van der Waals surface area contributed by atoms with Crippen molar-refractivity contribution >= 4 is 23.2 Å². The summed E-state index contributed by atoms with van der Waals surface area (Å²) in [5.74, 6) is -1.08. The van der Waals surface area contributed by atoms with Gasteiger partial charge in [0.15, 0.2) is 0 Å². The molecule has 0 aromatic heterocycles. The SMILES string of the molecule is Cc1cc([N+](=O)[O-])ccc1NC(=O)C(=O)NCC1CCN(C2CCOCC2)CC1. The average Bonchev–Trinajstić information content (AvgIpc) is 2.74. The van der Waals surface area contributed by atoms with Crippen molar-refractivity contribution in [1.29, 1.82) is 0 Å². The number of hydrogen-bond donors (Lipinski definition) is 2. The van der Waals surface area contributed by atoms with Crippen LogP contribution in [0.25, 0.3) is 0 Å². The molecule has 158 valence electrons. The van der Waals surface area contributed by atoms with E-state index in [4.69, 9.17) is 4.74 Å². The Bertz CT molecular complexity index is 755. The lowest BCUT2D eigenvalue weighted by Crippen LogP contribution is -2.46. The topological polar surface area (TPSA) is 114 Å². The standard InChI is InChI=1S/C20H28N4O5/c1-14-12-17(24(27)28)2-3-18(14)22-20(26)19(25)21-13-15-4-8-23(9-5-15)16-6-10-29-11-7-16/h2-3,12,15-16H,4-11,13H2,1H3,(H,21,25)(H,22,26). The number of nitrogens with zero attached hydrogens (tertiary/aromatic N) is 2. The zero-order valence-corrected chi connectivity index (χ0v) is 16.7. The van der Waals surface area contributed by atoms with Crippen molar-refractivity contribution in [2.75, 3.05) is 38.2 Å². The molecule has 2 aliphatic heterocycles. The summed E-state index contributed by atoms with van der Waals surface area (Å²) in [6.07, 6.45) is 4.18. The van der Waals surface area contributed by atoms with E-state index < -0.39 is 16.7 Å². The number of amides is 2. The Morgan fingerprint density at radius 2 is 1.86 bits per heavy atom. The van der Waals surface area contributed by atoms with Gasteiger partial charge >= 0.3 is 11.8 Å². The molecule has 0 saturated carbocycles. The molecule has 3 rings (SSSR count). The third kappa shape index (κ3) is 5.74. The normalized spacial score (nSPS) is 18.9. The van der Waals surface area contributed by atoms with Crippen molar-refractivity contribution < 1.29 is 19.2 Å². The first-order valence-corrected chi connectivity index (χ1v) is 10.1. The number of nitro groups is 1. The first-order valence-electron chi connectivity index (χ1n) is 10.1. The summed E-state index contributed by atoms with van der Waals surface area (Å²) in [6, 6.07) is 4.70. The van der Waals surface area contributed by atoms with Gasteiger partial charge in [0, 0.05) is 43.6 Å². The van der Waals surface area contributed by atoms with Gasteiger partial charge in [-0.25, -0.2) is 0 Å². The quantitative estimate of drug-likeness (QED) is 0.440. The molecule has 0 bridgehead atoms. The number of piperidine rings is 1. The number of hydrogen-bond acceptors (Lipinski definition) is 6. The maximum Gasteiger partial charge on any atom is 0.313 e. The number of carbonyl (C=O) groups is 2. The van der Waals surface area contributed by atoms with Crippen LogP contribution in [0.15, 0.2) is 18.2 Å².